The lowest BCUT2D eigenvalue weighted by Gasteiger charge is -2.20. The third-order valence-corrected chi connectivity index (χ3v) is 2.04. The van der Waals surface area contributed by atoms with Crippen LogP contribution in [0.5, 0.6) is 0 Å². The molecule has 0 atom stereocenters. The van der Waals surface area contributed by atoms with Crippen molar-refractivity contribution in [3.8, 4) is 0 Å². The van der Waals surface area contributed by atoms with Crippen LogP contribution < -0.4 is 0 Å². The Morgan fingerprint density at radius 1 is 1.33 bits per heavy atom. The van der Waals surface area contributed by atoms with Crippen molar-refractivity contribution in [3.63, 3.8) is 0 Å². The highest BCUT2D eigenvalue weighted by Crippen LogP contribution is 2.09. The van der Waals surface area contributed by atoms with Crippen molar-refractivity contribution in [2.45, 2.75) is 6.92 Å². The van der Waals surface area contributed by atoms with Crippen LogP contribution in [0, 0.1) is 0 Å². The Bertz CT molecular complexity index is 390. The van der Waals surface area contributed by atoms with Crippen molar-refractivity contribution >= 4 is 5.91 Å². The highest BCUT2D eigenvalue weighted by molar-refractivity contribution is 5.95. The smallest absolute Gasteiger partial charge is 0.258 e. The van der Waals surface area contributed by atoms with E-state index in [-0.39, 0.29) is 5.91 Å². The van der Waals surface area contributed by atoms with Crippen LogP contribution in [0.1, 0.15) is 17.3 Å². The van der Waals surface area contributed by atoms with E-state index in [1.807, 2.05) is 25.1 Å². The van der Waals surface area contributed by atoms with Crippen molar-refractivity contribution in [2.75, 3.05) is 13.5 Å². The molecule has 0 unspecified atom stereocenters. The molecular weight excluding hydrogens is 236 g/mol. The van der Waals surface area contributed by atoms with Gasteiger partial charge in [0.2, 0.25) is 6.93 Å². The van der Waals surface area contributed by atoms with Crippen LogP contribution in [0.3, 0.4) is 0 Å². The molecule has 1 aromatic carbocycles. The first kappa shape index (κ1) is 16.0. The number of carbonyl (C=O) groups excluding carboxylic acids is 1. The predicted octanol–water partition coefficient (Wildman–Crippen LogP) is 3.73. The Hall–Kier alpha value is -1.97. The monoisotopic (exact) mass is 253 g/mol. The molecule has 18 heavy (non-hydrogen) atoms. The van der Waals surface area contributed by atoms with Gasteiger partial charge in [-0.2, -0.15) is 0 Å². The minimum atomic E-state index is -1.75. The molecule has 0 heterocycles. The SMILES string of the molecule is C=CCN(C(=C)C)C(=O)c1ccccc1.FCF. The van der Waals surface area contributed by atoms with Crippen LogP contribution in [0.25, 0.3) is 0 Å². The largest absolute Gasteiger partial charge is 0.309 e. The molecule has 0 fully saturated rings. The standard InChI is InChI=1S/C13H15NO.CH2F2/c1-4-10-14(11(2)3)13(15)12-8-6-5-7-9-12;2-1-3/h4-9H,1-2,10H2,3H3;1H2. The third kappa shape index (κ3) is 5.39. The van der Waals surface area contributed by atoms with Crippen molar-refractivity contribution < 1.29 is 13.6 Å². The van der Waals surface area contributed by atoms with E-state index >= 15 is 0 Å². The zero-order valence-electron chi connectivity index (χ0n) is 10.4. The number of nitrogens with zero attached hydrogens (tertiary/aromatic N) is 1. The zero-order chi connectivity index (χ0) is 14.0. The van der Waals surface area contributed by atoms with Crippen LogP contribution in [-0.4, -0.2) is 24.3 Å². The Morgan fingerprint density at radius 2 is 1.83 bits per heavy atom. The number of allylic oxidation sites excluding steroid dienone is 1. The van der Waals surface area contributed by atoms with Gasteiger partial charge in [0, 0.05) is 17.8 Å². The van der Waals surface area contributed by atoms with Crippen molar-refractivity contribution in [1.29, 1.82) is 0 Å². The maximum atomic E-state index is 12.0. The summed E-state index contributed by atoms with van der Waals surface area (Å²) in [6.45, 7) is 7.95. The quantitative estimate of drug-likeness (QED) is 0.749. The molecule has 1 amide bonds. The van der Waals surface area contributed by atoms with Gasteiger partial charge in [-0.05, 0) is 19.1 Å². The van der Waals surface area contributed by atoms with E-state index in [2.05, 4.69) is 13.2 Å². The number of amides is 1. The number of alkyl halides is 2. The van der Waals surface area contributed by atoms with Gasteiger partial charge in [0.25, 0.3) is 5.91 Å². The molecule has 0 N–H and O–H groups in total. The number of carbonyl (C=O) groups is 1. The molecule has 0 bridgehead atoms. The number of hydrogen-bond acceptors (Lipinski definition) is 1. The molecule has 2 nitrogen and oxygen atoms in total. The molecule has 0 aliphatic rings. The molecule has 0 aliphatic heterocycles. The van der Waals surface area contributed by atoms with Gasteiger partial charge in [-0.15, -0.1) is 6.58 Å². The van der Waals surface area contributed by atoms with E-state index < -0.39 is 6.93 Å². The van der Waals surface area contributed by atoms with Gasteiger partial charge in [0.05, 0.1) is 0 Å². The lowest BCUT2D eigenvalue weighted by Crippen LogP contribution is -2.28. The van der Waals surface area contributed by atoms with Gasteiger partial charge in [-0.1, -0.05) is 30.9 Å². The van der Waals surface area contributed by atoms with Crippen LogP contribution in [-0.2, 0) is 0 Å². The number of hydrogen-bond donors (Lipinski definition) is 0. The number of rotatable bonds is 4. The molecule has 1 aromatic rings. The van der Waals surface area contributed by atoms with Gasteiger partial charge in [-0.25, -0.2) is 8.78 Å². The highest BCUT2D eigenvalue weighted by Gasteiger charge is 2.13. The van der Waals surface area contributed by atoms with Crippen LogP contribution in [0.15, 0.2) is 55.3 Å². The summed E-state index contributed by atoms with van der Waals surface area (Å²) in [5.41, 5.74) is 1.39. The Balaban J connectivity index is 0.000000873. The fourth-order valence-electron chi connectivity index (χ4n) is 1.28. The van der Waals surface area contributed by atoms with Gasteiger partial charge in [-0.3, -0.25) is 4.79 Å². The van der Waals surface area contributed by atoms with Crippen LogP contribution in [0.2, 0.25) is 0 Å². The number of halogens is 2. The summed E-state index contributed by atoms with van der Waals surface area (Å²) >= 11 is 0. The molecular formula is C14H17F2NO. The van der Waals surface area contributed by atoms with E-state index in [9.17, 15) is 13.6 Å². The number of benzene rings is 1. The summed E-state index contributed by atoms with van der Waals surface area (Å²) in [6.07, 6.45) is 1.69. The predicted molar refractivity (Wildman–Crippen MR) is 69.6 cm³/mol. The van der Waals surface area contributed by atoms with E-state index in [1.54, 1.807) is 23.1 Å². The van der Waals surface area contributed by atoms with E-state index in [4.69, 9.17) is 0 Å². The van der Waals surface area contributed by atoms with Crippen LogP contribution in [0.4, 0.5) is 8.78 Å². The van der Waals surface area contributed by atoms with Gasteiger partial charge < -0.3 is 4.90 Å². The molecule has 0 aliphatic carbocycles. The molecule has 1 rings (SSSR count). The van der Waals surface area contributed by atoms with E-state index in [0.717, 1.165) is 5.70 Å². The fourth-order valence-corrected chi connectivity index (χ4v) is 1.28. The summed E-state index contributed by atoms with van der Waals surface area (Å²) in [5.74, 6) is -0.0389. The van der Waals surface area contributed by atoms with Gasteiger partial charge >= 0.3 is 0 Å². The van der Waals surface area contributed by atoms with Crippen LogP contribution >= 0.6 is 0 Å². The molecule has 0 aromatic heterocycles. The average Bonchev–Trinajstić information content (AvgIpc) is 2.37. The van der Waals surface area contributed by atoms with Crippen molar-refractivity contribution in [3.05, 3.63) is 60.8 Å². The Morgan fingerprint density at radius 3 is 2.22 bits per heavy atom. The second-order valence-corrected chi connectivity index (χ2v) is 3.41. The topological polar surface area (TPSA) is 20.3 Å². The normalized spacial score (nSPS) is 8.83. The zero-order valence-corrected chi connectivity index (χ0v) is 10.4. The summed E-state index contributed by atoms with van der Waals surface area (Å²) in [7, 11) is 0. The third-order valence-electron chi connectivity index (χ3n) is 2.04. The van der Waals surface area contributed by atoms with E-state index in [1.165, 1.54) is 0 Å². The molecule has 98 valence electrons. The molecule has 0 spiro atoms. The Labute approximate surface area is 106 Å². The summed E-state index contributed by atoms with van der Waals surface area (Å²) in [6, 6.07) is 9.16. The molecule has 0 saturated heterocycles. The Kier molecular flexibility index (Phi) is 8.10. The second-order valence-electron chi connectivity index (χ2n) is 3.41. The summed E-state index contributed by atoms with van der Waals surface area (Å²) in [5, 5.41) is 0. The first-order valence-corrected chi connectivity index (χ1v) is 5.33. The minimum absolute atomic E-state index is 0.0389. The minimum Gasteiger partial charge on any atom is -0.309 e. The maximum absolute atomic E-state index is 12.0. The lowest BCUT2D eigenvalue weighted by atomic mass is 10.2. The maximum Gasteiger partial charge on any atom is 0.258 e. The first-order valence-electron chi connectivity index (χ1n) is 5.33. The van der Waals surface area contributed by atoms with Crippen molar-refractivity contribution in [1.82, 2.24) is 4.90 Å². The molecule has 0 saturated carbocycles. The molecule has 0 radical (unpaired) electrons. The highest BCUT2D eigenvalue weighted by atomic mass is 19.3. The summed E-state index contributed by atoms with van der Waals surface area (Å²) in [4.78, 5) is 13.6. The summed E-state index contributed by atoms with van der Waals surface area (Å²) < 4.78 is 19.2. The fraction of sp³-hybridized carbons (Fsp3) is 0.214. The lowest BCUT2D eigenvalue weighted by molar-refractivity contribution is 0.0821. The van der Waals surface area contributed by atoms with E-state index in [0.29, 0.717) is 12.1 Å². The van der Waals surface area contributed by atoms with Gasteiger partial charge in [0.15, 0.2) is 0 Å². The molecule has 4 heteroatoms. The van der Waals surface area contributed by atoms with Gasteiger partial charge in [0.1, 0.15) is 0 Å². The van der Waals surface area contributed by atoms with Crippen molar-refractivity contribution in [2.24, 2.45) is 0 Å². The second kappa shape index (κ2) is 9.10. The first-order chi connectivity index (χ1) is 8.58. The average molecular weight is 253 g/mol.